The van der Waals surface area contributed by atoms with Gasteiger partial charge in [-0.2, -0.15) is 0 Å². The van der Waals surface area contributed by atoms with E-state index in [-0.39, 0.29) is 0 Å². The molecule has 0 saturated carbocycles. The molecule has 0 N–H and O–H groups in total. The Morgan fingerprint density at radius 3 is 1.82 bits per heavy atom. The van der Waals surface area contributed by atoms with Gasteiger partial charge in [0.15, 0.2) is 12.0 Å². The van der Waals surface area contributed by atoms with Crippen molar-refractivity contribution in [2.75, 3.05) is 19.1 Å². The summed E-state index contributed by atoms with van der Waals surface area (Å²) in [6, 6.07) is 33.9. The predicted octanol–water partition coefficient (Wildman–Crippen LogP) is 8.52. The Morgan fingerprint density at radius 1 is 0.718 bits per heavy atom. The fraction of sp³-hybridized carbons (Fsp3) is 0.0625. The number of benzene rings is 4. The summed E-state index contributed by atoms with van der Waals surface area (Å²) in [7, 11) is 3.33. The molecule has 39 heavy (non-hydrogen) atoms. The lowest BCUT2D eigenvalue weighted by Gasteiger charge is -2.26. The summed E-state index contributed by atoms with van der Waals surface area (Å²) in [5, 5.41) is 0.933. The number of anilines is 3. The molecular formula is C32H24N2O4S. The molecule has 6 rings (SSSR count). The molecule has 0 spiro atoms. The highest BCUT2D eigenvalue weighted by Crippen LogP contribution is 2.38. The molecule has 0 atom stereocenters. The van der Waals surface area contributed by atoms with Crippen LogP contribution in [0.4, 0.5) is 17.1 Å². The lowest BCUT2D eigenvalue weighted by molar-refractivity contribution is 0.110. The van der Waals surface area contributed by atoms with Gasteiger partial charge in [0, 0.05) is 28.2 Å². The van der Waals surface area contributed by atoms with Gasteiger partial charge < -0.3 is 18.8 Å². The van der Waals surface area contributed by atoms with Crippen LogP contribution in [0.1, 0.15) is 10.6 Å². The molecule has 0 aliphatic carbocycles. The van der Waals surface area contributed by atoms with Gasteiger partial charge in [-0.3, -0.25) is 4.79 Å². The Hall–Kier alpha value is -4.88. The zero-order valence-electron chi connectivity index (χ0n) is 21.3. The van der Waals surface area contributed by atoms with Gasteiger partial charge >= 0.3 is 0 Å². The monoisotopic (exact) mass is 532 g/mol. The van der Waals surface area contributed by atoms with Crippen LogP contribution in [-0.2, 0) is 0 Å². The first-order valence-electron chi connectivity index (χ1n) is 12.3. The lowest BCUT2D eigenvalue weighted by Crippen LogP contribution is -2.09. The van der Waals surface area contributed by atoms with Gasteiger partial charge in [-0.25, -0.2) is 4.98 Å². The summed E-state index contributed by atoms with van der Waals surface area (Å²) >= 11 is 1.62. The molecule has 0 saturated heterocycles. The van der Waals surface area contributed by atoms with E-state index >= 15 is 0 Å². The number of nitrogens with zero attached hydrogens (tertiary/aromatic N) is 2. The average Bonchev–Trinajstić information content (AvgIpc) is 3.65. The Kier molecular flexibility index (Phi) is 6.57. The molecule has 2 heterocycles. The van der Waals surface area contributed by atoms with Crippen molar-refractivity contribution < 1.29 is 18.7 Å². The molecular weight excluding hydrogens is 508 g/mol. The van der Waals surface area contributed by atoms with Crippen LogP contribution < -0.4 is 14.4 Å². The van der Waals surface area contributed by atoms with Gasteiger partial charge in [-0.05, 0) is 103 Å². The highest BCUT2D eigenvalue weighted by atomic mass is 32.1. The maximum absolute atomic E-state index is 11.0. The van der Waals surface area contributed by atoms with Crippen LogP contribution in [0, 0.1) is 0 Å². The summed E-state index contributed by atoms with van der Waals surface area (Å²) in [4.78, 5) is 18.0. The molecule has 192 valence electrons. The zero-order valence-corrected chi connectivity index (χ0v) is 22.1. The fourth-order valence-corrected chi connectivity index (χ4v) is 5.45. The first kappa shape index (κ1) is 24.5. The molecule has 6 nitrogen and oxygen atoms in total. The first-order valence-corrected chi connectivity index (χ1v) is 13.1. The van der Waals surface area contributed by atoms with E-state index in [1.807, 2.05) is 72.8 Å². The molecule has 0 amide bonds. The number of rotatable bonds is 8. The zero-order chi connectivity index (χ0) is 26.8. The molecule has 0 aliphatic heterocycles. The predicted molar refractivity (Wildman–Crippen MR) is 156 cm³/mol. The number of carbonyl (C=O) groups is 1. The van der Waals surface area contributed by atoms with Crippen molar-refractivity contribution >= 4 is 44.9 Å². The number of hydrogen-bond acceptors (Lipinski definition) is 7. The highest BCUT2D eigenvalue weighted by Gasteiger charge is 2.15. The second kappa shape index (κ2) is 10.5. The minimum atomic E-state index is 0.313. The normalized spacial score (nSPS) is 10.9. The van der Waals surface area contributed by atoms with Crippen molar-refractivity contribution in [3.63, 3.8) is 0 Å². The van der Waals surface area contributed by atoms with Crippen molar-refractivity contribution in [1.82, 2.24) is 4.98 Å². The van der Waals surface area contributed by atoms with Crippen molar-refractivity contribution in [1.29, 1.82) is 0 Å². The second-order valence-corrected chi connectivity index (χ2v) is 9.83. The second-order valence-electron chi connectivity index (χ2n) is 8.80. The van der Waals surface area contributed by atoms with Crippen LogP contribution >= 0.6 is 11.3 Å². The van der Waals surface area contributed by atoms with E-state index in [9.17, 15) is 4.79 Å². The molecule has 0 unspecified atom stereocenters. The van der Waals surface area contributed by atoms with Gasteiger partial charge in [0.05, 0.1) is 24.4 Å². The van der Waals surface area contributed by atoms with E-state index in [4.69, 9.17) is 18.9 Å². The number of furan rings is 1. The first-order chi connectivity index (χ1) is 19.1. The Bertz CT molecular complexity index is 1690. The quantitative estimate of drug-likeness (QED) is 0.183. The van der Waals surface area contributed by atoms with Gasteiger partial charge in [-0.1, -0.05) is 0 Å². The molecule has 2 aromatic heterocycles. The van der Waals surface area contributed by atoms with Crippen LogP contribution in [0.25, 0.3) is 32.1 Å². The molecule has 0 aliphatic rings. The van der Waals surface area contributed by atoms with Gasteiger partial charge in [-0.15, -0.1) is 11.3 Å². The van der Waals surface area contributed by atoms with E-state index in [1.54, 1.807) is 31.6 Å². The number of thiazole rings is 1. The minimum absolute atomic E-state index is 0.313. The summed E-state index contributed by atoms with van der Waals surface area (Å²) in [5.41, 5.74) is 5.90. The highest BCUT2D eigenvalue weighted by molar-refractivity contribution is 7.21. The molecule has 4 aromatic carbocycles. The largest absolute Gasteiger partial charge is 0.497 e. The molecule has 0 fully saturated rings. The fourth-order valence-electron chi connectivity index (χ4n) is 4.44. The van der Waals surface area contributed by atoms with Crippen LogP contribution in [-0.4, -0.2) is 25.5 Å². The van der Waals surface area contributed by atoms with E-state index in [1.165, 1.54) is 0 Å². The number of fused-ring (bicyclic) bond motifs is 1. The molecule has 6 aromatic rings. The standard InChI is InChI=1S/C32H24N2O4S/c1-36-26-12-8-24(9-13-26)34(25-10-14-27(37-2)15-11-25)23-6-3-21(4-7-23)32-33-29-17-5-22(19-31(29)39-32)30-18-16-28(20-35)38-30/h3-20H,1-2H3. The Morgan fingerprint density at radius 2 is 1.28 bits per heavy atom. The van der Waals surface area contributed by atoms with E-state index in [2.05, 4.69) is 29.2 Å². The summed E-state index contributed by atoms with van der Waals surface area (Å²) in [6.07, 6.45) is 0.709. The maximum Gasteiger partial charge on any atom is 0.185 e. The molecule has 7 heteroatoms. The topological polar surface area (TPSA) is 64.8 Å². The summed E-state index contributed by atoms with van der Waals surface area (Å²) in [6.45, 7) is 0. The maximum atomic E-state index is 11.0. The van der Waals surface area contributed by atoms with Crippen molar-refractivity contribution in [3.8, 4) is 33.4 Å². The van der Waals surface area contributed by atoms with E-state index < -0.39 is 0 Å². The third-order valence-electron chi connectivity index (χ3n) is 6.45. The van der Waals surface area contributed by atoms with E-state index in [0.29, 0.717) is 17.8 Å². The number of carbonyl (C=O) groups excluding carboxylic acids is 1. The van der Waals surface area contributed by atoms with Gasteiger partial charge in [0.25, 0.3) is 0 Å². The van der Waals surface area contributed by atoms with Crippen LogP contribution in [0.2, 0.25) is 0 Å². The summed E-state index contributed by atoms with van der Waals surface area (Å²) in [5.74, 6) is 2.59. The number of methoxy groups -OCH3 is 2. The van der Waals surface area contributed by atoms with E-state index in [0.717, 1.165) is 54.9 Å². The number of ether oxygens (including phenoxy) is 2. The average molecular weight is 533 g/mol. The minimum Gasteiger partial charge on any atom is -0.497 e. The Labute approximate surface area is 229 Å². The van der Waals surface area contributed by atoms with Gasteiger partial charge in [0.1, 0.15) is 22.3 Å². The number of aldehydes is 1. The molecule has 0 bridgehead atoms. The molecule has 0 radical (unpaired) electrons. The van der Waals surface area contributed by atoms with Gasteiger partial charge in [0.2, 0.25) is 0 Å². The number of aromatic nitrogens is 1. The smallest absolute Gasteiger partial charge is 0.185 e. The van der Waals surface area contributed by atoms with Crippen LogP contribution in [0.15, 0.2) is 108 Å². The van der Waals surface area contributed by atoms with Crippen molar-refractivity contribution in [3.05, 3.63) is 109 Å². The van der Waals surface area contributed by atoms with Crippen LogP contribution in [0.3, 0.4) is 0 Å². The lowest BCUT2D eigenvalue weighted by atomic mass is 10.1. The third-order valence-corrected chi connectivity index (χ3v) is 7.52. The SMILES string of the molecule is COc1ccc(N(c2ccc(OC)cc2)c2ccc(-c3nc4ccc(-c5ccc(C=O)o5)cc4s3)cc2)cc1. The summed E-state index contributed by atoms with van der Waals surface area (Å²) < 4.78 is 17.4. The number of hydrogen-bond donors (Lipinski definition) is 0. The van der Waals surface area contributed by atoms with Crippen molar-refractivity contribution in [2.24, 2.45) is 0 Å². The van der Waals surface area contributed by atoms with Crippen molar-refractivity contribution in [2.45, 2.75) is 0 Å². The van der Waals surface area contributed by atoms with Crippen LogP contribution in [0.5, 0.6) is 11.5 Å². The Balaban J connectivity index is 1.33. The third kappa shape index (κ3) is 4.87.